The van der Waals surface area contributed by atoms with Crippen LogP contribution in [0.15, 0.2) is 24.3 Å². The molecule has 0 unspecified atom stereocenters. The first-order valence-corrected chi connectivity index (χ1v) is 11.1. The van der Waals surface area contributed by atoms with Gasteiger partial charge in [0.2, 0.25) is 5.91 Å². The van der Waals surface area contributed by atoms with Crippen LogP contribution in [0.2, 0.25) is 5.02 Å². The molecule has 1 saturated heterocycles. The first-order valence-electron chi connectivity index (χ1n) is 10.7. The minimum atomic E-state index is -0.0657. The lowest BCUT2D eigenvalue weighted by atomic mass is 10.2. The van der Waals surface area contributed by atoms with E-state index in [-0.39, 0.29) is 5.91 Å². The van der Waals surface area contributed by atoms with Crippen molar-refractivity contribution in [2.75, 3.05) is 44.2 Å². The molecule has 2 aromatic heterocycles. The van der Waals surface area contributed by atoms with Gasteiger partial charge in [0.25, 0.3) is 0 Å². The van der Waals surface area contributed by atoms with Crippen LogP contribution in [0.4, 0.5) is 5.82 Å². The fourth-order valence-electron chi connectivity index (χ4n) is 3.99. The molecule has 0 spiro atoms. The van der Waals surface area contributed by atoms with E-state index < -0.39 is 0 Å². The summed E-state index contributed by atoms with van der Waals surface area (Å²) in [5.41, 5.74) is 2.37. The number of aromatic nitrogens is 4. The number of imidazole rings is 1. The Kier molecular flexibility index (Phi) is 6.38. The third-order valence-electron chi connectivity index (χ3n) is 5.63. The summed E-state index contributed by atoms with van der Waals surface area (Å²) in [4.78, 5) is 30.6. The molecule has 0 bridgehead atoms. The fourth-order valence-corrected chi connectivity index (χ4v) is 4.21. The minimum Gasteiger partial charge on any atom is -0.355 e. The maximum absolute atomic E-state index is 11.4. The topological polar surface area (TPSA) is 79.2 Å². The molecule has 9 heteroatoms. The van der Waals surface area contributed by atoms with Crippen molar-refractivity contribution < 1.29 is 4.79 Å². The molecule has 1 aliphatic rings. The molecule has 31 heavy (non-hydrogen) atoms. The highest BCUT2D eigenvalue weighted by Crippen LogP contribution is 2.32. The third-order valence-corrected chi connectivity index (χ3v) is 5.96. The van der Waals surface area contributed by atoms with Crippen LogP contribution in [0.1, 0.15) is 19.7 Å². The lowest BCUT2D eigenvalue weighted by Crippen LogP contribution is -2.46. The Morgan fingerprint density at radius 1 is 1.13 bits per heavy atom. The smallest absolute Gasteiger partial charge is 0.216 e. The van der Waals surface area contributed by atoms with Crippen LogP contribution >= 0.6 is 11.6 Å². The Morgan fingerprint density at radius 3 is 2.55 bits per heavy atom. The molecule has 4 rings (SSSR count). The summed E-state index contributed by atoms with van der Waals surface area (Å²) in [5.74, 6) is 2.24. The summed E-state index contributed by atoms with van der Waals surface area (Å²) < 4.78 is 2.03. The standard InChI is InChI=1S/C22H28ClN7O/c1-4-28-11-13-29(14-12-28)21-19-22(26-15(2)25-21)30(10-9-24-16(3)31)20(27-19)17-7-5-6-8-18(17)23/h5-8H,4,9-14H2,1-3H3,(H,24,31). The lowest BCUT2D eigenvalue weighted by molar-refractivity contribution is -0.118. The van der Waals surface area contributed by atoms with Gasteiger partial charge in [-0.1, -0.05) is 30.7 Å². The van der Waals surface area contributed by atoms with Crippen molar-refractivity contribution >= 4 is 34.5 Å². The Bertz CT molecular complexity index is 1090. The van der Waals surface area contributed by atoms with Crippen LogP contribution in [-0.4, -0.2) is 69.6 Å². The number of carbonyl (C=O) groups excluding carboxylic acids is 1. The van der Waals surface area contributed by atoms with E-state index in [1.54, 1.807) is 0 Å². The number of piperazine rings is 1. The molecule has 1 fully saturated rings. The van der Waals surface area contributed by atoms with E-state index in [1.165, 1.54) is 6.92 Å². The average Bonchev–Trinajstić information content (AvgIpc) is 3.11. The van der Waals surface area contributed by atoms with Gasteiger partial charge in [-0.3, -0.25) is 4.79 Å². The number of hydrogen-bond acceptors (Lipinski definition) is 6. The number of halogens is 1. The zero-order valence-corrected chi connectivity index (χ0v) is 19.0. The van der Waals surface area contributed by atoms with E-state index in [0.717, 1.165) is 61.1 Å². The van der Waals surface area contributed by atoms with Crippen LogP contribution in [0.3, 0.4) is 0 Å². The van der Waals surface area contributed by atoms with Gasteiger partial charge in [0, 0.05) is 51.8 Å². The van der Waals surface area contributed by atoms with Crippen molar-refractivity contribution in [2.24, 2.45) is 0 Å². The van der Waals surface area contributed by atoms with Crippen molar-refractivity contribution in [3.8, 4) is 11.4 Å². The van der Waals surface area contributed by atoms with Gasteiger partial charge in [0.1, 0.15) is 11.6 Å². The molecule has 0 aliphatic carbocycles. The van der Waals surface area contributed by atoms with Gasteiger partial charge in [0.15, 0.2) is 17.0 Å². The zero-order valence-electron chi connectivity index (χ0n) is 18.2. The van der Waals surface area contributed by atoms with Gasteiger partial charge in [-0.2, -0.15) is 0 Å². The van der Waals surface area contributed by atoms with Crippen molar-refractivity contribution in [2.45, 2.75) is 27.3 Å². The van der Waals surface area contributed by atoms with Gasteiger partial charge in [-0.05, 0) is 25.6 Å². The highest BCUT2D eigenvalue weighted by molar-refractivity contribution is 6.33. The second-order valence-electron chi connectivity index (χ2n) is 7.74. The Balaban J connectivity index is 1.82. The van der Waals surface area contributed by atoms with Gasteiger partial charge in [-0.25, -0.2) is 15.0 Å². The monoisotopic (exact) mass is 441 g/mol. The van der Waals surface area contributed by atoms with Crippen LogP contribution < -0.4 is 10.2 Å². The maximum atomic E-state index is 11.4. The number of fused-ring (bicyclic) bond motifs is 1. The molecule has 1 aliphatic heterocycles. The Hall–Kier alpha value is -2.71. The largest absolute Gasteiger partial charge is 0.355 e. The van der Waals surface area contributed by atoms with Crippen molar-refractivity contribution in [1.82, 2.24) is 29.7 Å². The molecule has 1 aromatic carbocycles. The minimum absolute atomic E-state index is 0.0657. The van der Waals surface area contributed by atoms with Gasteiger partial charge in [-0.15, -0.1) is 0 Å². The summed E-state index contributed by atoms with van der Waals surface area (Å²) in [6.07, 6.45) is 0. The number of carbonyl (C=O) groups is 1. The highest BCUT2D eigenvalue weighted by atomic mass is 35.5. The predicted molar refractivity (Wildman–Crippen MR) is 124 cm³/mol. The Labute approximate surface area is 187 Å². The van der Waals surface area contributed by atoms with Crippen LogP contribution in [0, 0.1) is 6.92 Å². The number of likely N-dealkylation sites (N-methyl/N-ethyl adjacent to an activating group) is 1. The number of nitrogens with zero attached hydrogens (tertiary/aromatic N) is 6. The first-order chi connectivity index (χ1) is 15.0. The SMILES string of the molecule is CCN1CCN(c2nc(C)nc3c2nc(-c2ccccc2Cl)n3CCNC(C)=O)CC1. The predicted octanol–water partition coefficient (Wildman–Crippen LogP) is 2.73. The number of hydrogen-bond donors (Lipinski definition) is 1. The highest BCUT2D eigenvalue weighted by Gasteiger charge is 2.24. The number of nitrogens with one attached hydrogen (secondary N) is 1. The van der Waals surface area contributed by atoms with E-state index in [0.29, 0.717) is 23.9 Å². The number of benzene rings is 1. The first kappa shape index (κ1) is 21.5. The molecule has 1 amide bonds. The molecule has 164 valence electrons. The van der Waals surface area contributed by atoms with Crippen molar-refractivity contribution in [1.29, 1.82) is 0 Å². The molecular weight excluding hydrogens is 414 g/mol. The van der Waals surface area contributed by atoms with Crippen LogP contribution in [0.25, 0.3) is 22.6 Å². The normalized spacial score (nSPS) is 14.9. The zero-order chi connectivity index (χ0) is 22.0. The number of amides is 1. The summed E-state index contributed by atoms with van der Waals surface area (Å²) in [6, 6.07) is 7.66. The second-order valence-corrected chi connectivity index (χ2v) is 8.15. The van der Waals surface area contributed by atoms with Gasteiger partial charge in [0.05, 0.1) is 5.02 Å². The summed E-state index contributed by atoms with van der Waals surface area (Å²) >= 11 is 6.52. The summed E-state index contributed by atoms with van der Waals surface area (Å²) in [6.45, 7) is 11.5. The lowest BCUT2D eigenvalue weighted by Gasteiger charge is -2.34. The summed E-state index contributed by atoms with van der Waals surface area (Å²) in [5, 5.41) is 3.49. The van der Waals surface area contributed by atoms with E-state index in [9.17, 15) is 4.79 Å². The molecule has 8 nitrogen and oxygen atoms in total. The van der Waals surface area contributed by atoms with Gasteiger partial charge >= 0.3 is 0 Å². The van der Waals surface area contributed by atoms with E-state index in [2.05, 4.69) is 22.0 Å². The van der Waals surface area contributed by atoms with E-state index in [1.807, 2.05) is 35.8 Å². The number of anilines is 1. The van der Waals surface area contributed by atoms with E-state index >= 15 is 0 Å². The molecule has 0 radical (unpaired) electrons. The maximum Gasteiger partial charge on any atom is 0.216 e. The van der Waals surface area contributed by atoms with E-state index in [4.69, 9.17) is 26.6 Å². The third kappa shape index (κ3) is 4.50. The van der Waals surface area contributed by atoms with Crippen LogP contribution in [0.5, 0.6) is 0 Å². The van der Waals surface area contributed by atoms with Crippen molar-refractivity contribution in [3.05, 3.63) is 35.1 Å². The second kappa shape index (κ2) is 9.20. The number of aryl methyl sites for hydroxylation is 1. The fraction of sp³-hybridized carbons (Fsp3) is 0.455. The van der Waals surface area contributed by atoms with Crippen LogP contribution in [-0.2, 0) is 11.3 Å². The number of rotatable bonds is 6. The molecule has 0 atom stereocenters. The summed E-state index contributed by atoms with van der Waals surface area (Å²) in [7, 11) is 0. The molecule has 3 heterocycles. The van der Waals surface area contributed by atoms with Gasteiger partial charge < -0.3 is 19.7 Å². The Morgan fingerprint density at radius 2 is 1.87 bits per heavy atom. The molecule has 1 N–H and O–H groups in total. The molecule has 0 saturated carbocycles. The molecule has 3 aromatic rings. The quantitative estimate of drug-likeness (QED) is 0.633. The average molecular weight is 442 g/mol. The molecular formula is C22H28ClN7O. The van der Waals surface area contributed by atoms with Crippen molar-refractivity contribution in [3.63, 3.8) is 0 Å².